The molecule has 92 valence electrons. The summed E-state index contributed by atoms with van der Waals surface area (Å²) in [5, 5.41) is 0. The molecule has 0 spiro atoms. The Labute approximate surface area is 112 Å². The summed E-state index contributed by atoms with van der Waals surface area (Å²) in [6.45, 7) is 10.0. The normalized spacial score (nSPS) is 18.2. The lowest BCUT2D eigenvalue weighted by molar-refractivity contribution is 0.216. The van der Waals surface area contributed by atoms with Crippen LogP contribution in [0.4, 0.5) is 0 Å². The maximum Gasteiger partial charge on any atom is 0.106 e. The molecule has 1 aromatic rings. The molecule has 0 aliphatic carbocycles. The zero-order valence-corrected chi connectivity index (χ0v) is 11.9. The van der Waals surface area contributed by atoms with Crippen LogP contribution in [0.1, 0.15) is 25.3 Å². The molecule has 0 radical (unpaired) electrons. The van der Waals surface area contributed by atoms with E-state index in [1.54, 1.807) is 0 Å². The number of likely N-dealkylation sites (tertiary alicyclic amines) is 1. The lowest BCUT2D eigenvalue weighted by Crippen LogP contribution is -2.33. The molecule has 0 aromatic carbocycles. The van der Waals surface area contributed by atoms with Crippen molar-refractivity contribution in [1.29, 1.82) is 0 Å². The third-order valence-corrected chi connectivity index (χ3v) is 4.09. The van der Waals surface area contributed by atoms with E-state index in [9.17, 15) is 0 Å². The van der Waals surface area contributed by atoms with E-state index in [1.807, 2.05) is 12.3 Å². The van der Waals surface area contributed by atoms with Gasteiger partial charge in [-0.05, 0) is 71.5 Å². The highest BCUT2D eigenvalue weighted by Crippen LogP contribution is 2.30. The van der Waals surface area contributed by atoms with E-state index >= 15 is 0 Å². The highest BCUT2D eigenvalue weighted by Gasteiger charge is 2.21. The second-order valence-electron chi connectivity index (χ2n) is 4.60. The first kappa shape index (κ1) is 12.8. The van der Waals surface area contributed by atoms with Crippen molar-refractivity contribution in [3.8, 4) is 0 Å². The number of pyridine rings is 1. The van der Waals surface area contributed by atoms with Gasteiger partial charge in [0.15, 0.2) is 0 Å². The number of piperidine rings is 1. The summed E-state index contributed by atoms with van der Waals surface area (Å²) in [5.41, 5.74) is 2.43. The third kappa shape index (κ3) is 3.17. The molecule has 1 fully saturated rings. The molecular formula is C14H19BrN2. The molecule has 0 unspecified atom stereocenters. The maximum absolute atomic E-state index is 4.27. The van der Waals surface area contributed by atoms with Crippen LogP contribution in [0.5, 0.6) is 0 Å². The maximum atomic E-state index is 4.27. The Morgan fingerprint density at radius 1 is 1.47 bits per heavy atom. The van der Waals surface area contributed by atoms with Crippen LogP contribution in [0.25, 0.3) is 5.57 Å². The van der Waals surface area contributed by atoms with Crippen LogP contribution < -0.4 is 0 Å². The first-order valence-electron chi connectivity index (χ1n) is 6.23. The van der Waals surface area contributed by atoms with Crippen molar-refractivity contribution in [2.45, 2.75) is 19.8 Å². The zero-order valence-electron chi connectivity index (χ0n) is 10.3. The zero-order chi connectivity index (χ0) is 12.3. The van der Waals surface area contributed by atoms with E-state index < -0.39 is 0 Å². The van der Waals surface area contributed by atoms with Crippen LogP contribution in [0.15, 0.2) is 29.5 Å². The topological polar surface area (TPSA) is 16.1 Å². The molecule has 2 nitrogen and oxygen atoms in total. The van der Waals surface area contributed by atoms with E-state index in [2.05, 4.69) is 45.4 Å². The molecule has 0 atom stereocenters. The van der Waals surface area contributed by atoms with Crippen molar-refractivity contribution >= 4 is 21.5 Å². The van der Waals surface area contributed by atoms with Gasteiger partial charge in [0.05, 0.1) is 0 Å². The minimum Gasteiger partial charge on any atom is -0.304 e. The highest BCUT2D eigenvalue weighted by atomic mass is 79.9. The molecule has 1 saturated heterocycles. The van der Waals surface area contributed by atoms with Gasteiger partial charge in [-0.3, -0.25) is 0 Å². The molecule has 1 aromatic heterocycles. The summed E-state index contributed by atoms with van der Waals surface area (Å²) < 4.78 is 0.884. The minimum atomic E-state index is 0.626. The molecule has 1 aliphatic heterocycles. The van der Waals surface area contributed by atoms with E-state index in [0.717, 1.165) is 4.60 Å². The number of aromatic nitrogens is 1. The largest absolute Gasteiger partial charge is 0.304 e. The Bertz CT molecular complexity index is 378. The molecular weight excluding hydrogens is 276 g/mol. The summed E-state index contributed by atoms with van der Waals surface area (Å²) in [7, 11) is 0. The smallest absolute Gasteiger partial charge is 0.106 e. The Hall–Kier alpha value is -0.670. The van der Waals surface area contributed by atoms with E-state index in [0.29, 0.717) is 5.92 Å². The number of hydrogen-bond acceptors (Lipinski definition) is 2. The number of rotatable bonds is 3. The molecule has 0 N–H and O–H groups in total. The number of hydrogen-bond donors (Lipinski definition) is 0. The van der Waals surface area contributed by atoms with Crippen LogP contribution in [-0.2, 0) is 0 Å². The Morgan fingerprint density at radius 2 is 2.18 bits per heavy atom. The van der Waals surface area contributed by atoms with Crippen molar-refractivity contribution in [1.82, 2.24) is 9.88 Å². The van der Waals surface area contributed by atoms with Gasteiger partial charge in [0.1, 0.15) is 4.60 Å². The molecule has 17 heavy (non-hydrogen) atoms. The second kappa shape index (κ2) is 5.78. The van der Waals surface area contributed by atoms with Crippen LogP contribution in [-0.4, -0.2) is 29.5 Å². The molecule has 2 rings (SSSR count). The van der Waals surface area contributed by atoms with Gasteiger partial charge in [-0.15, -0.1) is 0 Å². The van der Waals surface area contributed by atoms with Crippen molar-refractivity contribution in [3.63, 3.8) is 0 Å². The Morgan fingerprint density at radius 3 is 2.71 bits per heavy atom. The summed E-state index contributed by atoms with van der Waals surface area (Å²) in [5.74, 6) is 0.626. The van der Waals surface area contributed by atoms with Gasteiger partial charge in [-0.2, -0.15) is 0 Å². The molecule has 0 bridgehead atoms. The fraction of sp³-hybridized carbons (Fsp3) is 0.500. The van der Waals surface area contributed by atoms with E-state index in [-0.39, 0.29) is 0 Å². The van der Waals surface area contributed by atoms with Crippen LogP contribution in [0.3, 0.4) is 0 Å². The van der Waals surface area contributed by atoms with Crippen molar-refractivity contribution in [2.24, 2.45) is 5.92 Å². The van der Waals surface area contributed by atoms with Crippen molar-refractivity contribution in [2.75, 3.05) is 19.6 Å². The molecule has 2 heterocycles. The minimum absolute atomic E-state index is 0.626. The average Bonchev–Trinajstić information content (AvgIpc) is 2.39. The van der Waals surface area contributed by atoms with Gasteiger partial charge in [0, 0.05) is 6.20 Å². The average molecular weight is 295 g/mol. The van der Waals surface area contributed by atoms with Gasteiger partial charge >= 0.3 is 0 Å². The highest BCUT2D eigenvalue weighted by molar-refractivity contribution is 9.10. The molecule has 0 amide bonds. The van der Waals surface area contributed by atoms with Crippen molar-refractivity contribution < 1.29 is 0 Å². The Kier molecular flexibility index (Phi) is 4.35. The summed E-state index contributed by atoms with van der Waals surface area (Å²) in [6.07, 6.45) is 4.37. The lowest BCUT2D eigenvalue weighted by atomic mass is 9.87. The lowest BCUT2D eigenvalue weighted by Gasteiger charge is -2.32. The standard InChI is InChI=1S/C14H19BrN2/c1-3-17-8-6-12(7-9-17)11(2)13-4-5-14(15)16-10-13/h4-5,10,12H,2-3,6-9H2,1H3. The van der Waals surface area contributed by atoms with Crippen molar-refractivity contribution in [3.05, 3.63) is 35.1 Å². The summed E-state index contributed by atoms with van der Waals surface area (Å²) >= 11 is 3.36. The fourth-order valence-corrected chi connectivity index (χ4v) is 2.63. The number of nitrogens with zero attached hydrogens (tertiary/aromatic N) is 2. The van der Waals surface area contributed by atoms with Crippen LogP contribution >= 0.6 is 15.9 Å². The molecule has 0 saturated carbocycles. The Balaban J connectivity index is 1.99. The number of halogens is 1. The van der Waals surface area contributed by atoms with Gasteiger partial charge in [0.25, 0.3) is 0 Å². The second-order valence-corrected chi connectivity index (χ2v) is 5.42. The van der Waals surface area contributed by atoms with Crippen LogP contribution in [0.2, 0.25) is 0 Å². The van der Waals surface area contributed by atoms with E-state index in [4.69, 9.17) is 0 Å². The predicted octanol–water partition coefficient (Wildman–Crippen LogP) is 3.59. The first-order valence-corrected chi connectivity index (χ1v) is 7.03. The predicted molar refractivity (Wildman–Crippen MR) is 75.8 cm³/mol. The van der Waals surface area contributed by atoms with Crippen LogP contribution in [0, 0.1) is 5.92 Å². The third-order valence-electron chi connectivity index (χ3n) is 3.63. The molecule has 3 heteroatoms. The summed E-state index contributed by atoms with van der Waals surface area (Å²) in [6, 6.07) is 4.09. The fourth-order valence-electron chi connectivity index (χ4n) is 2.40. The monoisotopic (exact) mass is 294 g/mol. The van der Waals surface area contributed by atoms with Gasteiger partial charge in [0.2, 0.25) is 0 Å². The van der Waals surface area contributed by atoms with Gasteiger partial charge in [-0.1, -0.05) is 19.6 Å². The van der Waals surface area contributed by atoms with E-state index in [1.165, 1.54) is 43.6 Å². The summed E-state index contributed by atoms with van der Waals surface area (Å²) in [4.78, 5) is 6.78. The van der Waals surface area contributed by atoms with Gasteiger partial charge in [-0.25, -0.2) is 4.98 Å². The quantitative estimate of drug-likeness (QED) is 0.792. The molecule has 1 aliphatic rings. The van der Waals surface area contributed by atoms with Gasteiger partial charge < -0.3 is 4.90 Å². The first-order chi connectivity index (χ1) is 8.20. The SMILES string of the molecule is C=C(c1ccc(Br)nc1)C1CCN(CC)CC1. The number of allylic oxidation sites excluding steroid dienone is 1.